The topological polar surface area (TPSA) is 41.5 Å². The second-order valence-electron chi connectivity index (χ2n) is 5.79. The zero-order valence-corrected chi connectivity index (χ0v) is 13.9. The van der Waals surface area contributed by atoms with Gasteiger partial charge in [0.25, 0.3) is 0 Å². The number of aromatic hydroxyl groups is 1. The van der Waals surface area contributed by atoms with Crippen molar-refractivity contribution in [1.82, 2.24) is 0 Å². The standard InChI is InChI=1S/C21H20FNO2/c1-15(19-7-3-4-8-20(19)22)25-21-9-5-2-6-16(21)14-23-17-10-12-18(24)13-11-17/h2-13,15,23-24H,14H2,1H3/t15-/m0/s1. The fourth-order valence-electron chi connectivity index (χ4n) is 2.60. The molecule has 3 nitrogen and oxygen atoms in total. The molecule has 1 atom stereocenters. The molecule has 0 saturated heterocycles. The highest BCUT2D eigenvalue weighted by Crippen LogP contribution is 2.27. The summed E-state index contributed by atoms with van der Waals surface area (Å²) in [5.74, 6) is 0.673. The molecule has 0 saturated carbocycles. The largest absolute Gasteiger partial charge is 0.508 e. The van der Waals surface area contributed by atoms with Gasteiger partial charge in [0, 0.05) is 23.4 Å². The van der Waals surface area contributed by atoms with Crippen molar-refractivity contribution in [3.8, 4) is 11.5 Å². The summed E-state index contributed by atoms with van der Waals surface area (Å²) in [7, 11) is 0. The molecule has 0 aliphatic heterocycles. The molecule has 0 radical (unpaired) electrons. The molecule has 0 unspecified atom stereocenters. The smallest absolute Gasteiger partial charge is 0.130 e. The van der Waals surface area contributed by atoms with E-state index in [4.69, 9.17) is 4.74 Å². The van der Waals surface area contributed by atoms with E-state index in [9.17, 15) is 9.50 Å². The van der Waals surface area contributed by atoms with Crippen LogP contribution in [-0.2, 0) is 6.54 Å². The molecule has 3 aromatic carbocycles. The first-order chi connectivity index (χ1) is 12.1. The molecule has 0 heterocycles. The number of nitrogens with one attached hydrogen (secondary N) is 1. The summed E-state index contributed by atoms with van der Waals surface area (Å²) in [6, 6.07) is 21.2. The molecule has 4 heteroatoms. The third-order valence-electron chi connectivity index (χ3n) is 3.97. The third kappa shape index (κ3) is 4.29. The Morgan fingerprint density at radius 3 is 2.40 bits per heavy atom. The molecule has 25 heavy (non-hydrogen) atoms. The summed E-state index contributed by atoms with van der Waals surface area (Å²) >= 11 is 0. The second-order valence-corrected chi connectivity index (χ2v) is 5.79. The fourth-order valence-corrected chi connectivity index (χ4v) is 2.60. The highest BCUT2D eigenvalue weighted by atomic mass is 19.1. The van der Waals surface area contributed by atoms with Crippen LogP contribution in [0.5, 0.6) is 11.5 Å². The van der Waals surface area contributed by atoms with Crippen LogP contribution < -0.4 is 10.1 Å². The van der Waals surface area contributed by atoms with E-state index in [1.165, 1.54) is 6.07 Å². The molecule has 3 aromatic rings. The molecule has 2 N–H and O–H groups in total. The molecule has 0 fully saturated rings. The number of halogens is 1. The van der Waals surface area contributed by atoms with E-state index in [-0.39, 0.29) is 11.6 Å². The van der Waals surface area contributed by atoms with Crippen molar-refractivity contribution >= 4 is 5.69 Å². The molecule has 0 aliphatic rings. The van der Waals surface area contributed by atoms with E-state index < -0.39 is 6.10 Å². The predicted octanol–water partition coefficient (Wildman–Crippen LogP) is 5.28. The van der Waals surface area contributed by atoms with Crippen LogP contribution in [0.4, 0.5) is 10.1 Å². The summed E-state index contributed by atoms with van der Waals surface area (Å²) in [6.45, 7) is 2.40. The first-order valence-corrected chi connectivity index (χ1v) is 8.15. The van der Waals surface area contributed by atoms with Crippen molar-refractivity contribution in [2.75, 3.05) is 5.32 Å². The van der Waals surface area contributed by atoms with Gasteiger partial charge in [0.2, 0.25) is 0 Å². The quantitative estimate of drug-likeness (QED) is 0.601. The van der Waals surface area contributed by atoms with Crippen LogP contribution in [0.3, 0.4) is 0 Å². The number of anilines is 1. The fraction of sp³-hybridized carbons (Fsp3) is 0.143. The molecule has 0 amide bonds. The zero-order chi connectivity index (χ0) is 17.6. The van der Waals surface area contributed by atoms with Gasteiger partial charge in [0.15, 0.2) is 0 Å². The van der Waals surface area contributed by atoms with Gasteiger partial charge >= 0.3 is 0 Å². The van der Waals surface area contributed by atoms with Crippen LogP contribution in [0.15, 0.2) is 72.8 Å². The van der Waals surface area contributed by atoms with Gasteiger partial charge in [-0.15, -0.1) is 0 Å². The number of hydrogen-bond acceptors (Lipinski definition) is 3. The Morgan fingerprint density at radius 2 is 1.64 bits per heavy atom. The van der Waals surface area contributed by atoms with Gasteiger partial charge in [-0.3, -0.25) is 0 Å². The minimum Gasteiger partial charge on any atom is -0.508 e. The van der Waals surface area contributed by atoms with Gasteiger partial charge in [-0.05, 0) is 43.3 Å². The molecule has 0 aliphatic carbocycles. The van der Waals surface area contributed by atoms with Crippen LogP contribution in [-0.4, -0.2) is 5.11 Å². The number of phenolic OH excluding ortho intramolecular Hbond substituents is 1. The monoisotopic (exact) mass is 337 g/mol. The average molecular weight is 337 g/mol. The van der Waals surface area contributed by atoms with Crippen molar-refractivity contribution < 1.29 is 14.2 Å². The van der Waals surface area contributed by atoms with Crippen LogP contribution in [0.1, 0.15) is 24.2 Å². The Morgan fingerprint density at radius 1 is 0.960 bits per heavy atom. The molecular formula is C21H20FNO2. The summed E-state index contributed by atoms with van der Waals surface area (Å²) in [6.07, 6.45) is -0.393. The van der Waals surface area contributed by atoms with Gasteiger partial charge in [-0.1, -0.05) is 36.4 Å². The minimum atomic E-state index is -0.393. The molecule has 0 spiro atoms. The van der Waals surface area contributed by atoms with Crippen LogP contribution in [0.25, 0.3) is 0 Å². The van der Waals surface area contributed by atoms with Crippen LogP contribution >= 0.6 is 0 Å². The minimum absolute atomic E-state index is 0.230. The highest BCUT2D eigenvalue weighted by Gasteiger charge is 2.13. The van der Waals surface area contributed by atoms with Crippen LogP contribution in [0.2, 0.25) is 0 Å². The van der Waals surface area contributed by atoms with E-state index in [1.54, 1.807) is 42.5 Å². The van der Waals surface area contributed by atoms with Gasteiger partial charge in [0.1, 0.15) is 23.4 Å². The Hall–Kier alpha value is -3.01. The Bertz CT molecular complexity index is 833. The summed E-state index contributed by atoms with van der Waals surface area (Å²) < 4.78 is 19.9. The number of hydrogen-bond donors (Lipinski definition) is 2. The Kier molecular flexibility index (Phi) is 5.19. The van der Waals surface area contributed by atoms with Gasteiger partial charge in [-0.2, -0.15) is 0 Å². The highest BCUT2D eigenvalue weighted by molar-refractivity contribution is 5.47. The lowest BCUT2D eigenvalue weighted by Crippen LogP contribution is -2.08. The van der Waals surface area contributed by atoms with Gasteiger partial charge in [0.05, 0.1) is 0 Å². The zero-order valence-electron chi connectivity index (χ0n) is 13.9. The SMILES string of the molecule is C[C@H](Oc1ccccc1CNc1ccc(O)cc1)c1ccccc1F. The van der Waals surface area contributed by atoms with E-state index in [1.807, 2.05) is 31.2 Å². The van der Waals surface area contributed by atoms with Gasteiger partial charge < -0.3 is 15.2 Å². The maximum absolute atomic E-state index is 13.9. The number of benzene rings is 3. The van der Waals surface area contributed by atoms with E-state index in [0.29, 0.717) is 17.9 Å². The molecule has 0 aromatic heterocycles. The molecule has 128 valence electrons. The van der Waals surface area contributed by atoms with Crippen molar-refractivity contribution in [1.29, 1.82) is 0 Å². The summed E-state index contributed by atoms with van der Waals surface area (Å²) in [4.78, 5) is 0. The van der Waals surface area contributed by atoms with E-state index in [0.717, 1.165) is 11.3 Å². The van der Waals surface area contributed by atoms with Crippen molar-refractivity contribution in [3.63, 3.8) is 0 Å². The van der Waals surface area contributed by atoms with E-state index >= 15 is 0 Å². The number of ether oxygens (including phenoxy) is 1. The van der Waals surface area contributed by atoms with Crippen LogP contribution in [0, 0.1) is 5.82 Å². The molecule has 0 bridgehead atoms. The number of phenols is 1. The molecule has 3 rings (SSSR count). The molecular weight excluding hydrogens is 317 g/mol. The second kappa shape index (κ2) is 7.71. The summed E-state index contributed by atoms with van der Waals surface area (Å²) in [5.41, 5.74) is 2.40. The number of para-hydroxylation sites is 1. The first-order valence-electron chi connectivity index (χ1n) is 8.15. The summed E-state index contributed by atoms with van der Waals surface area (Å²) in [5, 5.41) is 12.6. The lowest BCUT2D eigenvalue weighted by molar-refractivity contribution is 0.219. The number of rotatable bonds is 6. The normalized spacial score (nSPS) is 11.8. The lowest BCUT2D eigenvalue weighted by Gasteiger charge is -2.18. The third-order valence-corrected chi connectivity index (χ3v) is 3.97. The Balaban J connectivity index is 1.72. The first kappa shape index (κ1) is 16.8. The van der Waals surface area contributed by atoms with Crippen molar-refractivity contribution in [2.24, 2.45) is 0 Å². The van der Waals surface area contributed by atoms with E-state index in [2.05, 4.69) is 5.32 Å². The predicted molar refractivity (Wildman–Crippen MR) is 97.3 cm³/mol. The maximum atomic E-state index is 13.9. The van der Waals surface area contributed by atoms with Crippen molar-refractivity contribution in [3.05, 3.63) is 89.7 Å². The Labute approximate surface area is 146 Å². The maximum Gasteiger partial charge on any atom is 0.130 e. The van der Waals surface area contributed by atoms with Gasteiger partial charge in [-0.25, -0.2) is 4.39 Å². The van der Waals surface area contributed by atoms with Crippen molar-refractivity contribution in [2.45, 2.75) is 19.6 Å². The average Bonchev–Trinajstić information content (AvgIpc) is 2.62. The lowest BCUT2D eigenvalue weighted by atomic mass is 10.1.